The molecule has 4 aromatic rings. The largest absolute Gasteiger partial charge is 0.494 e. The first-order valence-electron chi connectivity index (χ1n) is 14.6. The Hall–Kier alpha value is -5.03. The lowest BCUT2D eigenvalue weighted by Gasteiger charge is -2.29. The zero-order chi connectivity index (χ0) is 31.0. The van der Waals surface area contributed by atoms with Gasteiger partial charge >= 0.3 is 5.97 Å². The maximum atomic E-state index is 13.4. The van der Waals surface area contributed by atoms with Crippen LogP contribution in [0.3, 0.4) is 0 Å². The highest BCUT2D eigenvalue weighted by Crippen LogP contribution is 2.41. The number of amides is 1. The van der Waals surface area contributed by atoms with E-state index < -0.39 is 12.0 Å². The minimum Gasteiger partial charge on any atom is -0.494 e. The third-order valence-corrected chi connectivity index (χ3v) is 8.60. The van der Waals surface area contributed by atoms with E-state index in [1.165, 1.54) is 7.11 Å². The van der Waals surface area contributed by atoms with E-state index in [4.69, 9.17) is 9.73 Å². The van der Waals surface area contributed by atoms with Crippen LogP contribution in [-0.2, 0) is 9.53 Å². The second-order valence-electron chi connectivity index (χ2n) is 11.4. The molecular formula is C33H33N5O6. The molecule has 0 spiro atoms. The SMILES string of the molecule is COC(=O)c1ccc2c(C(=Nc3ccc4c(c3)C([N+](=O)[O-])CN4C(=O)CC3CCN(C)CC3)c3ccccc3)c(O)[nH]c2c1. The molecule has 2 N–H and O–H groups in total. The number of piperidine rings is 1. The van der Waals surface area contributed by atoms with Gasteiger partial charge in [-0.15, -0.1) is 0 Å². The average Bonchev–Trinajstić information content (AvgIpc) is 3.57. The van der Waals surface area contributed by atoms with E-state index in [-0.39, 0.29) is 29.2 Å². The van der Waals surface area contributed by atoms with Gasteiger partial charge in [0.2, 0.25) is 5.91 Å². The molecule has 2 aliphatic heterocycles. The predicted octanol–water partition coefficient (Wildman–Crippen LogP) is 5.23. The molecule has 1 aromatic heterocycles. The van der Waals surface area contributed by atoms with Crippen molar-refractivity contribution in [2.75, 3.05) is 38.7 Å². The van der Waals surface area contributed by atoms with Crippen molar-refractivity contribution >= 4 is 39.9 Å². The summed E-state index contributed by atoms with van der Waals surface area (Å²) in [7, 11) is 3.37. The van der Waals surface area contributed by atoms with Crippen molar-refractivity contribution in [2.45, 2.75) is 25.3 Å². The molecule has 11 heteroatoms. The van der Waals surface area contributed by atoms with Crippen molar-refractivity contribution in [2.24, 2.45) is 10.9 Å². The lowest BCUT2D eigenvalue weighted by Crippen LogP contribution is -2.36. The molecule has 6 rings (SSSR count). The van der Waals surface area contributed by atoms with Crippen molar-refractivity contribution in [1.82, 2.24) is 9.88 Å². The number of nitrogens with one attached hydrogen (secondary N) is 1. The number of rotatable bonds is 7. The Balaban J connectivity index is 1.39. The third kappa shape index (κ3) is 5.53. The van der Waals surface area contributed by atoms with Crippen LogP contribution in [-0.4, -0.2) is 71.3 Å². The molecular weight excluding hydrogens is 562 g/mol. The quantitative estimate of drug-likeness (QED) is 0.129. The number of nitro groups is 1. The van der Waals surface area contributed by atoms with Crippen LogP contribution in [0.25, 0.3) is 10.9 Å². The molecule has 44 heavy (non-hydrogen) atoms. The predicted molar refractivity (Wildman–Crippen MR) is 166 cm³/mol. The summed E-state index contributed by atoms with van der Waals surface area (Å²) >= 11 is 0. The number of carbonyl (C=O) groups excluding carboxylic acids is 2. The number of nitrogens with zero attached hydrogens (tertiary/aromatic N) is 4. The van der Waals surface area contributed by atoms with E-state index in [2.05, 4.69) is 16.9 Å². The van der Waals surface area contributed by atoms with Crippen LogP contribution in [0.15, 0.2) is 71.7 Å². The molecule has 1 saturated heterocycles. The molecule has 0 bridgehead atoms. The highest BCUT2D eigenvalue weighted by atomic mass is 16.6. The number of benzene rings is 3. The molecule has 11 nitrogen and oxygen atoms in total. The molecule has 1 atom stereocenters. The summed E-state index contributed by atoms with van der Waals surface area (Å²) < 4.78 is 4.83. The Labute approximate surface area is 253 Å². The smallest absolute Gasteiger partial charge is 0.337 e. The number of aromatic hydroxyl groups is 1. The Kier molecular flexibility index (Phi) is 7.88. The zero-order valence-corrected chi connectivity index (χ0v) is 24.5. The minimum absolute atomic E-state index is 0.0156. The average molecular weight is 596 g/mol. The summed E-state index contributed by atoms with van der Waals surface area (Å²) in [6.07, 6.45) is 2.23. The highest BCUT2D eigenvalue weighted by molar-refractivity contribution is 6.22. The number of carbonyl (C=O) groups is 2. The Bertz CT molecular complexity index is 1770. The van der Waals surface area contributed by atoms with Crippen LogP contribution < -0.4 is 4.90 Å². The van der Waals surface area contributed by atoms with Gasteiger partial charge in [0.1, 0.15) is 0 Å². The second kappa shape index (κ2) is 11.9. The lowest BCUT2D eigenvalue weighted by molar-refractivity contribution is -0.524. The van der Waals surface area contributed by atoms with Gasteiger partial charge in [-0.25, -0.2) is 9.79 Å². The standard InChI is InChI=1S/C33H33N5O6/c1-36-14-12-20(13-15-36)16-29(39)37-19-28(38(42)43)25-18-23(9-11-27(25)37)34-31(21-6-4-3-5-7-21)30-24-10-8-22(33(41)44-2)17-26(24)35-32(30)40/h3-11,17-18,20,28,35,40H,12-16,19H2,1-2H3. The van der Waals surface area contributed by atoms with E-state index in [1.807, 2.05) is 30.3 Å². The van der Waals surface area contributed by atoms with E-state index in [0.717, 1.165) is 25.9 Å². The van der Waals surface area contributed by atoms with Crippen molar-refractivity contribution in [1.29, 1.82) is 0 Å². The molecule has 1 fully saturated rings. The number of aliphatic imine (C=N–C) groups is 1. The second-order valence-corrected chi connectivity index (χ2v) is 11.4. The Morgan fingerprint density at radius 3 is 2.52 bits per heavy atom. The van der Waals surface area contributed by atoms with Crippen LogP contribution in [0.5, 0.6) is 5.88 Å². The van der Waals surface area contributed by atoms with Crippen LogP contribution in [0.2, 0.25) is 0 Å². The van der Waals surface area contributed by atoms with Crippen molar-refractivity contribution in [3.8, 4) is 5.88 Å². The van der Waals surface area contributed by atoms with Crippen LogP contribution in [0.4, 0.5) is 11.4 Å². The first-order valence-corrected chi connectivity index (χ1v) is 14.6. The summed E-state index contributed by atoms with van der Waals surface area (Å²) in [4.78, 5) is 48.9. The molecule has 1 unspecified atom stereocenters. The molecule has 0 aliphatic carbocycles. The van der Waals surface area contributed by atoms with Crippen LogP contribution in [0, 0.1) is 16.0 Å². The fourth-order valence-electron chi connectivity index (χ4n) is 6.19. The third-order valence-electron chi connectivity index (χ3n) is 8.60. The van der Waals surface area contributed by atoms with Crippen molar-refractivity contribution < 1.29 is 24.4 Å². The molecule has 226 valence electrons. The molecule has 1 amide bonds. The van der Waals surface area contributed by atoms with E-state index in [0.29, 0.717) is 56.7 Å². The number of H-pyrrole nitrogens is 1. The summed E-state index contributed by atoms with van der Waals surface area (Å²) in [5, 5.41) is 23.8. The number of methoxy groups -OCH3 is 1. The van der Waals surface area contributed by atoms with Gasteiger partial charge in [-0.1, -0.05) is 36.4 Å². The summed E-state index contributed by atoms with van der Waals surface area (Å²) in [6, 6.07) is 18.3. The van der Waals surface area contributed by atoms with Gasteiger partial charge < -0.3 is 24.6 Å². The Morgan fingerprint density at radius 1 is 1.07 bits per heavy atom. The van der Waals surface area contributed by atoms with Gasteiger partial charge in [-0.2, -0.15) is 0 Å². The number of aromatic nitrogens is 1. The molecule has 0 saturated carbocycles. The first-order chi connectivity index (χ1) is 21.2. The lowest BCUT2D eigenvalue weighted by atomic mass is 9.93. The normalized spacial score (nSPS) is 17.5. The van der Waals surface area contributed by atoms with Gasteiger partial charge in [0.15, 0.2) is 5.88 Å². The molecule has 3 aromatic carbocycles. The van der Waals surface area contributed by atoms with Gasteiger partial charge in [0.05, 0.1) is 47.4 Å². The summed E-state index contributed by atoms with van der Waals surface area (Å²) in [5.74, 6) is -0.473. The Morgan fingerprint density at radius 2 is 1.82 bits per heavy atom. The van der Waals surface area contributed by atoms with Crippen molar-refractivity contribution in [3.05, 3.63) is 99.1 Å². The van der Waals surface area contributed by atoms with E-state index >= 15 is 0 Å². The van der Waals surface area contributed by atoms with Crippen molar-refractivity contribution in [3.63, 3.8) is 0 Å². The fraction of sp³-hybridized carbons (Fsp3) is 0.303. The number of ether oxygens (including phenoxy) is 1. The van der Waals surface area contributed by atoms with E-state index in [9.17, 15) is 24.8 Å². The number of hydrogen-bond acceptors (Lipinski definition) is 8. The number of esters is 1. The van der Waals surface area contributed by atoms with Gasteiger partial charge in [0, 0.05) is 27.8 Å². The van der Waals surface area contributed by atoms with Gasteiger partial charge in [0.25, 0.3) is 6.04 Å². The summed E-state index contributed by atoms with van der Waals surface area (Å²) in [5.41, 5.74) is 3.83. The van der Waals surface area contributed by atoms with Gasteiger partial charge in [-0.3, -0.25) is 14.9 Å². The number of aromatic amines is 1. The first kappa shape index (κ1) is 29.1. The van der Waals surface area contributed by atoms with Gasteiger partial charge in [-0.05, 0) is 69.2 Å². The zero-order valence-electron chi connectivity index (χ0n) is 24.5. The maximum Gasteiger partial charge on any atom is 0.337 e. The number of likely N-dealkylation sites (tertiary alicyclic amines) is 1. The number of anilines is 1. The topological polar surface area (TPSA) is 141 Å². The van der Waals surface area contributed by atoms with Crippen LogP contribution in [0.1, 0.15) is 52.4 Å². The maximum absolute atomic E-state index is 13.4. The van der Waals surface area contributed by atoms with E-state index in [1.54, 1.807) is 41.3 Å². The molecule has 0 radical (unpaired) electrons. The monoisotopic (exact) mass is 595 g/mol. The number of fused-ring (bicyclic) bond motifs is 2. The number of hydrogen-bond donors (Lipinski definition) is 2. The molecule has 2 aliphatic rings. The summed E-state index contributed by atoms with van der Waals surface area (Å²) in [6.45, 7) is 1.86. The fourth-order valence-corrected chi connectivity index (χ4v) is 6.19. The molecule has 3 heterocycles. The van der Waals surface area contributed by atoms with Crippen LogP contribution >= 0.6 is 0 Å². The highest BCUT2D eigenvalue weighted by Gasteiger charge is 2.40. The minimum atomic E-state index is -1.07.